The molecule has 3 aromatic carbocycles. The maximum Gasteiger partial charge on any atom is 0.175 e. The molecule has 2 heterocycles. The van der Waals surface area contributed by atoms with E-state index in [1.54, 1.807) is 6.07 Å². The average molecular weight is 430 g/mol. The second-order valence-electron chi connectivity index (χ2n) is 7.48. The summed E-state index contributed by atoms with van der Waals surface area (Å²) in [7, 11) is 0. The van der Waals surface area contributed by atoms with Gasteiger partial charge >= 0.3 is 0 Å². The van der Waals surface area contributed by atoms with Gasteiger partial charge in [-0.3, -0.25) is 4.79 Å². The van der Waals surface area contributed by atoms with Gasteiger partial charge in [0.05, 0.1) is 16.5 Å². The molecule has 0 bridgehead atoms. The number of hydrogen-bond donors (Lipinski definition) is 1. The standard InChI is InChI=1S/C26H20FNO2S/c27-19-11-12-23(30-15-17-7-3-1-4-8-17)20(13-19)22-16-31-26-24(22)25(29)21(14-28-26)18-9-5-2-6-10-18/h1-13,16,21,28H,14-15H2. The van der Waals surface area contributed by atoms with Gasteiger partial charge in [-0.05, 0) is 29.3 Å². The minimum Gasteiger partial charge on any atom is -0.488 e. The smallest absolute Gasteiger partial charge is 0.175 e. The number of ketones is 1. The van der Waals surface area contributed by atoms with Crippen molar-refractivity contribution < 1.29 is 13.9 Å². The Bertz CT molecular complexity index is 1220. The summed E-state index contributed by atoms with van der Waals surface area (Å²) in [5.41, 5.74) is 3.91. The predicted octanol–water partition coefficient (Wildman–Crippen LogP) is 6.53. The van der Waals surface area contributed by atoms with Crippen LogP contribution in [-0.4, -0.2) is 12.3 Å². The van der Waals surface area contributed by atoms with E-state index in [1.165, 1.54) is 23.5 Å². The fourth-order valence-corrected chi connectivity index (χ4v) is 4.90. The zero-order valence-electron chi connectivity index (χ0n) is 16.7. The Balaban J connectivity index is 1.52. The van der Waals surface area contributed by atoms with Crippen LogP contribution >= 0.6 is 11.3 Å². The van der Waals surface area contributed by atoms with Crippen LogP contribution in [0.2, 0.25) is 0 Å². The first kappa shape index (κ1) is 19.5. The van der Waals surface area contributed by atoms with E-state index in [1.807, 2.05) is 66.0 Å². The van der Waals surface area contributed by atoms with Crippen molar-refractivity contribution in [2.45, 2.75) is 12.5 Å². The second kappa shape index (κ2) is 8.36. The van der Waals surface area contributed by atoms with Crippen LogP contribution in [0.4, 0.5) is 9.39 Å². The van der Waals surface area contributed by atoms with E-state index in [-0.39, 0.29) is 17.5 Å². The number of benzene rings is 3. The van der Waals surface area contributed by atoms with Crippen molar-refractivity contribution >= 4 is 22.1 Å². The number of hydrogen-bond acceptors (Lipinski definition) is 4. The normalized spacial score (nSPS) is 15.3. The van der Waals surface area contributed by atoms with Crippen LogP contribution < -0.4 is 10.1 Å². The van der Waals surface area contributed by atoms with Crippen molar-refractivity contribution in [3.05, 3.63) is 107 Å². The fraction of sp³-hybridized carbons (Fsp3) is 0.115. The Morgan fingerprint density at radius 3 is 2.48 bits per heavy atom. The summed E-state index contributed by atoms with van der Waals surface area (Å²) in [4.78, 5) is 13.5. The Morgan fingerprint density at radius 2 is 1.71 bits per heavy atom. The molecule has 1 aliphatic rings. The lowest BCUT2D eigenvalue weighted by Crippen LogP contribution is -2.27. The number of nitrogens with one attached hydrogen (secondary N) is 1. The summed E-state index contributed by atoms with van der Waals surface area (Å²) in [6.07, 6.45) is 0. The summed E-state index contributed by atoms with van der Waals surface area (Å²) < 4.78 is 20.3. The first-order valence-corrected chi connectivity index (χ1v) is 11.0. The van der Waals surface area contributed by atoms with Crippen LogP contribution in [-0.2, 0) is 6.61 Å². The lowest BCUT2D eigenvalue weighted by atomic mass is 9.86. The maximum atomic E-state index is 14.2. The summed E-state index contributed by atoms with van der Waals surface area (Å²) in [5, 5.41) is 6.12. The van der Waals surface area contributed by atoms with Crippen molar-refractivity contribution in [3.63, 3.8) is 0 Å². The van der Waals surface area contributed by atoms with Crippen molar-refractivity contribution in [1.29, 1.82) is 0 Å². The quantitative estimate of drug-likeness (QED) is 0.392. The van der Waals surface area contributed by atoms with E-state index in [0.717, 1.165) is 16.1 Å². The first-order valence-electron chi connectivity index (χ1n) is 10.1. The van der Waals surface area contributed by atoms with E-state index in [0.29, 0.717) is 35.6 Å². The molecular formula is C26H20FNO2S. The molecule has 4 aromatic rings. The van der Waals surface area contributed by atoms with E-state index in [4.69, 9.17) is 4.74 Å². The van der Waals surface area contributed by atoms with Gasteiger partial charge in [0.1, 0.15) is 18.2 Å². The zero-order valence-corrected chi connectivity index (χ0v) is 17.5. The van der Waals surface area contributed by atoms with Gasteiger partial charge < -0.3 is 10.1 Å². The van der Waals surface area contributed by atoms with E-state index >= 15 is 0 Å². The molecule has 0 aliphatic carbocycles. The monoisotopic (exact) mass is 429 g/mol. The van der Waals surface area contributed by atoms with Gasteiger partial charge in [-0.15, -0.1) is 11.3 Å². The molecule has 154 valence electrons. The molecule has 1 aromatic heterocycles. The molecule has 0 saturated carbocycles. The Hall–Kier alpha value is -3.44. The highest BCUT2D eigenvalue weighted by Crippen LogP contribution is 2.44. The number of Topliss-reactive ketones (excluding diaryl/α,β-unsaturated/α-hetero) is 1. The van der Waals surface area contributed by atoms with Crippen molar-refractivity contribution in [3.8, 4) is 16.9 Å². The largest absolute Gasteiger partial charge is 0.488 e. The number of ether oxygens (including phenoxy) is 1. The topological polar surface area (TPSA) is 38.3 Å². The maximum absolute atomic E-state index is 14.2. The van der Waals surface area contributed by atoms with Crippen molar-refractivity contribution in [2.24, 2.45) is 0 Å². The Kier molecular flexibility index (Phi) is 5.26. The molecule has 0 radical (unpaired) electrons. The van der Waals surface area contributed by atoms with Crippen molar-refractivity contribution in [2.75, 3.05) is 11.9 Å². The van der Waals surface area contributed by atoms with Crippen LogP contribution in [0, 0.1) is 5.82 Å². The summed E-state index contributed by atoms with van der Waals surface area (Å²) in [6, 6.07) is 24.0. The van der Waals surface area contributed by atoms with Gasteiger partial charge in [0.15, 0.2) is 5.78 Å². The summed E-state index contributed by atoms with van der Waals surface area (Å²) in [6.45, 7) is 0.918. The molecule has 1 aliphatic heterocycles. The third-order valence-electron chi connectivity index (χ3n) is 5.49. The number of fused-ring (bicyclic) bond motifs is 1. The molecule has 1 atom stereocenters. The highest BCUT2D eigenvalue weighted by molar-refractivity contribution is 7.15. The minimum absolute atomic E-state index is 0.0504. The molecule has 0 amide bonds. The van der Waals surface area contributed by atoms with Crippen molar-refractivity contribution in [1.82, 2.24) is 0 Å². The minimum atomic E-state index is -0.363. The van der Waals surface area contributed by atoms with Crippen LogP contribution in [0.15, 0.2) is 84.2 Å². The highest BCUT2D eigenvalue weighted by atomic mass is 32.1. The van der Waals surface area contributed by atoms with Crippen LogP contribution in [0.25, 0.3) is 11.1 Å². The molecule has 0 fully saturated rings. The van der Waals surface area contributed by atoms with Gasteiger partial charge in [-0.2, -0.15) is 0 Å². The predicted molar refractivity (Wildman–Crippen MR) is 122 cm³/mol. The van der Waals surface area contributed by atoms with Gasteiger partial charge in [0.2, 0.25) is 0 Å². The number of halogens is 1. The van der Waals surface area contributed by atoms with Crippen LogP contribution in [0.3, 0.4) is 0 Å². The number of carbonyl (C=O) groups is 1. The summed E-state index contributed by atoms with van der Waals surface area (Å²) in [5.74, 6) is -0.0305. The molecule has 0 saturated heterocycles. The molecule has 5 rings (SSSR count). The second-order valence-corrected chi connectivity index (χ2v) is 8.36. The molecule has 1 N–H and O–H groups in total. The third kappa shape index (κ3) is 3.84. The molecule has 0 spiro atoms. The van der Waals surface area contributed by atoms with Crippen LogP contribution in [0.5, 0.6) is 5.75 Å². The highest BCUT2D eigenvalue weighted by Gasteiger charge is 2.33. The lowest BCUT2D eigenvalue weighted by Gasteiger charge is -2.24. The van der Waals surface area contributed by atoms with Gasteiger partial charge in [0, 0.05) is 23.1 Å². The van der Waals surface area contributed by atoms with E-state index < -0.39 is 0 Å². The van der Waals surface area contributed by atoms with Gasteiger partial charge in [-0.1, -0.05) is 60.7 Å². The first-order chi connectivity index (χ1) is 15.2. The van der Waals surface area contributed by atoms with E-state index in [2.05, 4.69) is 5.32 Å². The number of carbonyl (C=O) groups excluding carboxylic acids is 1. The van der Waals surface area contributed by atoms with Crippen LogP contribution in [0.1, 0.15) is 27.4 Å². The van der Waals surface area contributed by atoms with E-state index in [9.17, 15) is 9.18 Å². The lowest BCUT2D eigenvalue weighted by molar-refractivity contribution is 0.0961. The molecular weight excluding hydrogens is 409 g/mol. The molecule has 3 nitrogen and oxygen atoms in total. The molecule has 1 unspecified atom stereocenters. The average Bonchev–Trinajstić information content (AvgIpc) is 3.25. The van der Waals surface area contributed by atoms with Gasteiger partial charge in [-0.25, -0.2) is 4.39 Å². The Labute approximate surface area is 184 Å². The number of rotatable bonds is 5. The fourth-order valence-electron chi connectivity index (χ4n) is 3.92. The number of anilines is 1. The SMILES string of the molecule is O=C1c2c(-c3cc(F)ccc3OCc3ccccc3)csc2NCC1c1ccccc1. The zero-order chi connectivity index (χ0) is 21.2. The molecule has 5 heteroatoms. The summed E-state index contributed by atoms with van der Waals surface area (Å²) >= 11 is 1.47. The Morgan fingerprint density at radius 1 is 0.968 bits per heavy atom. The number of thiophene rings is 1. The molecule has 31 heavy (non-hydrogen) atoms. The van der Waals surface area contributed by atoms with Gasteiger partial charge in [0.25, 0.3) is 0 Å². The third-order valence-corrected chi connectivity index (χ3v) is 6.43.